The van der Waals surface area contributed by atoms with Gasteiger partial charge in [0.05, 0.1) is 6.61 Å². The zero-order chi connectivity index (χ0) is 13.7. The van der Waals surface area contributed by atoms with E-state index >= 15 is 0 Å². The zero-order valence-electron chi connectivity index (χ0n) is 11.2. The average molecular weight is 255 g/mol. The van der Waals surface area contributed by atoms with E-state index < -0.39 is 0 Å². The Balaban J connectivity index is 2.14. The van der Waals surface area contributed by atoms with E-state index in [0.717, 1.165) is 11.1 Å². The Morgan fingerprint density at radius 2 is 1.79 bits per heavy atom. The van der Waals surface area contributed by atoms with Gasteiger partial charge in [0.2, 0.25) is 5.78 Å². The maximum absolute atomic E-state index is 11.5. The van der Waals surface area contributed by atoms with Gasteiger partial charge in [-0.3, -0.25) is 4.79 Å². The lowest BCUT2D eigenvalue weighted by atomic mass is 10.1. The summed E-state index contributed by atoms with van der Waals surface area (Å²) < 4.78 is 5.30. The predicted molar refractivity (Wildman–Crippen MR) is 76.1 cm³/mol. The van der Waals surface area contributed by atoms with Crippen LogP contribution in [-0.4, -0.2) is 24.3 Å². The van der Waals surface area contributed by atoms with Gasteiger partial charge in [-0.15, -0.1) is 0 Å². The number of allylic oxidation sites excluding steroid dienone is 9. The fourth-order valence-corrected chi connectivity index (χ4v) is 1.71. The molecule has 0 unspecified atom stereocenters. The molecule has 19 heavy (non-hydrogen) atoms. The van der Waals surface area contributed by atoms with Gasteiger partial charge in [0.15, 0.2) is 5.76 Å². The average Bonchev–Trinajstić information content (AvgIpc) is 2.42. The lowest BCUT2D eigenvalue weighted by Crippen LogP contribution is -2.06. The van der Waals surface area contributed by atoms with Gasteiger partial charge in [0, 0.05) is 19.4 Å². The molecular weight excluding hydrogens is 238 g/mol. The van der Waals surface area contributed by atoms with Crippen molar-refractivity contribution in [3.8, 4) is 0 Å². The largest absolute Gasteiger partial charge is 0.490 e. The number of ether oxygens (including phenoxy) is 1. The van der Waals surface area contributed by atoms with Gasteiger partial charge in [-0.2, -0.15) is 0 Å². The maximum atomic E-state index is 11.5. The molecule has 1 aliphatic heterocycles. The van der Waals surface area contributed by atoms with Crippen LogP contribution in [0.1, 0.15) is 6.92 Å². The van der Waals surface area contributed by atoms with Crippen molar-refractivity contribution >= 4 is 5.78 Å². The first-order valence-corrected chi connectivity index (χ1v) is 6.26. The number of nitrogens with zero attached hydrogens (tertiary/aromatic N) is 1. The van der Waals surface area contributed by atoms with Crippen LogP contribution >= 0.6 is 0 Å². The van der Waals surface area contributed by atoms with Crippen molar-refractivity contribution in [2.24, 2.45) is 0 Å². The summed E-state index contributed by atoms with van der Waals surface area (Å²) in [4.78, 5) is 13.5. The van der Waals surface area contributed by atoms with Crippen LogP contribution in [0.3, 0.4) is 0 Å². The van der Waals surface area contributed by atoms with Crippen LogP contribution in [0, 0.1) is 0 Å². The van der Waals surface area contributed by atoms with Crippen molar-refractivity contribution in [3.05, 3.63) is 71.8 Å². The van der Waals surface area contributed by atoms with Crippen molar-refractivity contribution < 1.29 is 9.53 Å². The molecule has 0 aromatic heterocycles. The first kappa shape index (κ1) is 13.1. The smallest absolute Gasteiger partial charge is 0.220 e. The van der Waals surface area contributed by atoms with Crippen LogP contribution in [0.15, 0.2) is 71.8 Å². The topological polar surface area (TPSA) is 29.5 Å². The molecule has 2 aliphatic rings. The SMILES string of the molecule is CCOC1=C/C(=C\C=C2C=CN(C)C=C2)C=CC1=O. The Morgan fingerprint density at radius 1 is 1.11 bits per heavy atom. The quantitative estimate of drug-likeness (QED) is 0.776. The Bertz CT molecular complexity index is 529. The summed E-state index contributed by atoms with van der Waals surface area (Å²) in [6.45, 7) is 2.36. The van der Waals surface area contributed by atoms with E-state index in [4.69, 9.17) is 4.74 Å². The van der Waals surface area contributed by atoms with Crippen LogP contribution in [0.25, 0.3) is 0 Å². The van der Waals surface area contributed by atoms with E-state index in [9.17, 15) is 4.79 Å². The van der Waals surface area contributed by atoms with E-state index in [0.29, 0.717) is 12.4 Å². The third-order valence-corrected chi connectivity index (χ3v) is 2.74. The van der Waals surface area contributed by atoms with E-state index in [2.05, 4.69) is 0 Å². The molecule has 1 aliphatic carbocycles. The molecule has 0 saturated heterocycles. The normalized spacial score (nSPS) is 20.0. The second-order valence-electron chi connectivity index (χ2n) is 4.27. The molecule has 0 atom stereocenters. The lowest BCUT2D eigenvalue weighted by Gasteiger charge is -2.11. The molecule has 0 radical (unpaired) electrons. The Kier molecular flexibility index (Phi) is 4.18. The van der Waals surface area contributed by atoms with E-state index in [1.54, 1.807) is 12.2 Å². The summed E-state index contributed by atoms with van der Waals surface area (Å²) in [7, 11) is 1.98. The molecule has 0 bridgehead atoms. The summed E-state index contributed by atoms with van der Waals surface area (Å²) >= 11 is 0. The molecule has 0 amide bonds. The minimum atomic E-state index is -0.0780. The Morgan fingerprint density at radius 3 is 2.47 bits per heavy atom. The molecule has 0 N–H and O–H groups in total. The van der Waals surface area contributed by atoms with Crippen LogP contribution in [-0.2, 0) is 9.53 Å². The predicted octanol–water partition coefficient (Wildman–Crippen LogP) is 2.87. The highest BCUT2D eigenvalue weighted by atomic mass is 16.5. The number of hydrogen-bond donors (Lipinski definition) is 0. The van der Waals surface area contributed by atoms with Gasteiger partial charge in [-0.1, -0.05) is 18.2 Å². The summed E-state index contributed by atoms with van der Waals surface area (Å²) in [5, 5.41) is 0. The Labute approximate surface area is 113 Å². The van der Waals surface area contributed by atoms with E-state index in [1.807, 2.05) is 55.6 Å². The summed E-state index contributed by atoms with van der Waals surface area (Å²) in [6.07, 6.45) is 17.1. The summed E-state index contributed by atoms with van der Waals surface area (Å²) in [5.74, 6) is 0.329. The number of carbonyl (C=O) groups excluding carboxylic acids is 1. The van der Waals surface area contributed by atoms with Gasteiger partial charge < -0.3 is 9.64 Å². The number of rotatable bonds is 3. The number of ketones is 1. The van der Waals surface area contributed by atoms with Crippen molar-refractivity contribution in [1.82, 2.24) is 4.90 Å². The van der Waals surface area contributed by atoms with Gasteiger partial charge in [-0.05, 0) is 42.4 Å². The molecule has 0 fully saturated rings. The minimum absolute atomic E-state index is 0.0780. The molecule has 2 rings (SSSR count). The molecule has 3 nitrogen and oxygen atoms in total. The van der Waals surface area contributed by atoms with Crippen molar-refractivity contribution in [3.63, 3.8) is 0 Å². The van der Waals surface area contributed by atoms with Gasteiger partial charge >= 0.3 is 0 Å². The molecule has 0 saturated carbocycles. The standard InChI is InChI=1S/C16H17NO2/c1-3-19-16-12-14(6-7-15(16)18)5-4-13-8-10-17(2)11-9-13/h4-12H,3H2,1-2H3/b14-5-. The monoisotopic (exact) mass is 255 g/mol. The van der Waals surface area contributed by atoms with Crippen LogP contribution in [0.5, 0.6) is 0 Å². The number of carbonyl (C=O) groups is 1. The van der Waals surface area contributed by atoms with Crippen molar-refractivity contribution in [2.45, 2.75) is 6.92 Å². The molecule has 0 aromatic carbocycles. The van der Waals surface area contributed by atoms with Gasteiger partial charge in [0.1, 0.15) is 0 Å². The fraction of sp³-hybridized carbons (Fsp3) is 0.188. The van der Waals surface area contributed by atoms with Crippen LogP contribution < -0.4 is 0 Å². The van der Waals surface area contributed by atoms with Gasteiger partial charge in [0.25, 0.3) is 0 Å². The highest BCUT2D eigenvalue weighted by Gasteiger charge is 2.11. The first-order chi connectivity index (χ1) is 9.19. The van der Waals surface area contributed by atoms with Crippen LogP contribution in [0.2, 0.25) is 0 Å². The van der Waals surface area contributed by atoms with E-state index in [1.165, 1.54) is 6.08 Å². The van der Waals surface area contributed by atoms with Gasteiger partial charge in [-0.25, -0.2) is 0 Å². The highest BCUT2D eigenvalue weighted by molar-refractivity contribution is 6.04. The third-order valence-electron chi connectivity index (χ3n) is 2.74. The second-order valence-corrected chi connectivity index (χ2v) is 4.27. The lowest BCUT2D eigenvalue weighted by molar-refractivity contribution is -0.114. The van der Waals surface area contributed by atoms with E-state index in [-0.39, 0.29) is 5.78 Å². The fourth-order valence-electron chi connectivity index (χ4n) is 1.71. The van der Waals surface area contributed by atoms with Crippen molar-refractivity contribution in [1.29, 1.82) is 0 Å². The maximum Gasteiger partial charge on any atom is 0.220 e. The minimum Gasteiger partial charge on any atom is -0.490 e. The Hall–Kier alpha value is -2.29. The molecule has 0 spiro atoms. The number of hydrogen-bond acceptors (Lipinski definition) is 3. The molecule has 1 heterocycles. The molecular formula is C16H17NO2. The first-order valence-electron chi connectivity index (χ1n) is 6.26. The second kappa shape index (κ2) is 6.05. The summed E-state index contributed by atoms with van der Waals surface area (Å²) in [6, 6.07) is 0. The highest BCUT2D eigenvalue weighted by Crippen LogP contribution is 2.15. The summed E-state index contributed by atoms with van der Waals surface area (Å²) in [5.41, 5.74) is 2.07. The van der Waals surface area contributed by atoms with Crippen molar-refractivity contribution in [2.75, 3.05) is 13.7 Å². The zero-order valence-corrected chi connectivity index (χ0v) is 11.2. The third kappa shape index (κ3) is 3.58. The van der Waals surface area contributed by atoms with Crippen LogP contribution in [0.4, 0.5) is 0 Å². The molecule has 0 aromatic rings. The molecule has 98 valence electrons. The molecule has 3 heteroatoms.